The molecule has 20 heavy (non-hydrogen) atoms. The predicted octanol–water partition coefficient (Wildman–Crippen LogP) is 2.91. The average molecular weight is 402 g/mol. The molecule has 1 heterocycles. The van der Waals surface area contributed by atoms with Crippen molar-refractivity contribution in [2.45, 2.75) is 26.2 Å². The van der Waals surface area contributed by atoms with E-state index in [0.29, 0.717) is 0 Å². The fraction of sp³-hybridized carbons (Fsp3) is 0.467. The molecule has 2 aromatic rings. The van der Waals surface area contributed by atoms with Gasteiger partial charge in [0.2, 0.25) is 0 Å². The highest BCUT2D eigenvalue weighted by molar-refractivity contribution is 14.1. The predicted molar refractivity (Wildman–Crippen MR) is 97.5 cm³/mol. The van der Waals surface area contributed by atoms with E-state index >= 15 is 0 Å². The zero-order valence-electron chi connectivity index (χ0n) is 13.1. The van der Waals surface area contributed by atoms with Crippen LogP contribution in [0.3, 0.4) is 0 Å². The average Bonchev–Trinajstić information content (AvgIpc) is 2.63. The molecule has 1 aromatic carbocycles. The smallest absolute Gasteiger partial charge is 0.104 e. The lowest BCUT2D eigenvalue weighted by atomic mass is 10.2. The fourth-order valence-corrected chi connectivity index (χ4v) is 5.50. The summed E-state index contributed by atoms with van der Waals surface area (Å²) in [5.41, 5.74) is 2.62. The third-order valence-electron chi connectivity index (χ3n) is 3.37. The Balaban J connectivity index is 2.89. The fourth-order valence-electron chi connectivity index (χ4n) is 2.76. The summed E-state index contributed by atoms with van der Waals surface area (Å²) in [6, 6.07) is 6.44. The number of halogens is 1. The Morgan fingerprint density at radius 3 is 2.40 bits per heavy atom. The maximum absolute atomic E-state index is 5.73. The van der Waals surface area contributed by atoms with Crippen LogP contribution >= 0.6 is 22.6 Å². The summed E-state index contributed by atoms with van der Waals surface area (Å²) in [6.07, 6.45) is 0. The van der Waals surface area contributed by atoms with Gasteiger partial charge in [0, 0.05) is 20.8 Å². The van der Waals surface area contributed by atoms with Gasteiger partial charge in [0.25, 0.3) is 0 Å². The van der Waals surface area contributed by atoms with Gasteiger partial charge in [-0.2, -0.15) is 4.73 Å². The molecule has 0 N–H and O–H groups in total. The maximum Gasteiger partial charge on any atom is 0.104 e. The van der Waals surface area contributed by atoms with Crippen molar-refractivity contribution in [1.29, 1.82) is 0 Å². The molecule has 0 radical (unpaired) electrons. The molecule has 0 aliphatic rings. The van der Waals surface area contributed by atoms with Gasteiger partial charge < -0.3 is 9.74 Å². The third-order valence-corrected chi connectivity index (χ3v) is 6.19. The second-order valence-corrected chi connectivity index (χ2v) is 12.6. The molecule has 5 heteroatoms. The molecule has 0 bridgehead atoms. The van der Waals surface area contributed by atoms with Crippen molar-refractivity contribution in [2.75, 3.05) is 21.2 Å². The van der Waals surface area contributed by atoms with Gasteiger partial charge in [-0.25, -0.2) is 0 Å². The summed E-state index contributed by atoms with van der Waals surface area (Å²) < 4.78 is 3.36. The lowest BCUT2D eigenvalue weighted by Gasteiger charge is -2.22. The summed E-state index contributed by atoms with van der Waals surface area (Å²) in [7, 11) is 4.51. The molecule has 2 rings (SSSR count). The standard InChI is InChI=1S/C15H23IN2OSi/c1-17(2)10-11-14-12(16)8-7-9-13(14)18(19-3)15(11)20(4,5)6/h7-9H,10H2,1-6H3. The number of nitrogens with zero attached hydrogens (tertiary/aromatic N) is 2. The van der Waals surface area contributed by atoms with Gasteiger partial charge >= 0.3 is 0 Å². The van der Waals surface area contributed by atoms with E-state index in [4.69, 9.17) is 4.84 Å². The van der Waals surface area contributed by atoms with E-state index < -0.39 is 8.07 Å². The van der Waals surface area contributed by atoms with Crippen LogP contribution in [-0.2, 0) is 6.54 Å². The van der Waals surface area contributed by atoms with Crippen molar-refractivity contribution in [3.05, 3.63) is 27.3 Å². The molecule has 0 aliphatic carbocycles. The topological polar surface area (TPSA) is 17.4 Å². The Hall–Kier alpha value is -0.533. The highest BCUT2D eigenvalue weighted by Gasteiger charge is 2.30. The summed E-state index contributed by atoms with van der Waals surface area (Å²) in [6.45, 7) is 8.08. The normalized spacial score (nSPS) is 12.4. The summed E-state index contributed by atoms with van der Waals surface area (Å²) >= 11 is 2.43. The van der Waals surface area contributed by atoms with Crippen molar-refractivity contribution >= 4 is 46.9 Å². The Morgan fingerprint density at radius 1 is 1.25 bits per heavy atom. The van der Waals surface area contributed by atoms with Gasteiger partial charge in [0.15, 0.2) is 0 Å². The molecule has 0 amide bonds. The van der Waals surface area contributed by atoms with E-state index in [1.165, 1.54) is 25.4 Å². The summed E-state index contributed by atoms with van der Waals surface area (Å²) in [4.78, 5) is 7.97. The van der Waals surface area contributed by atoms with Crippen LogP contribution in [0.15, 0.2) is 18.2 Å². The van der Waals surface area contributed by atoms with Gasteiger partial charge in [-0.05, 0) is 54.4 Å². The van der Waals surface area contributed by atoms with Crippen LogP contribution in [0.1, 0.15) is 5.56 Å². The minimum atomic E-state index is -1.51. The van der Waals surface area contributed by atoms with Crippen LogP contribution in [0.25, 0.3) is 10.9 Å². The summed E-state index contributed by atoms with van der Waals surface area (Å²) in [5, 5.41) is 2.74. The largest absolute Gasteiger partial charge is 0.417 e. The van der Waals surface area contributed by atoms with E-state index in [2.05, 4.69) is 84.2 Å². The second kappa shape index (κ2) is 5.69. The molecule has 0 spiro atoms. The first kappa shape index (κ1) is 15.8. The molecule has 0 aliphatic heterocycles. The molecule has 0 unspecified atom stereocenters. The summed E-state index contributed by atoms with van der Waals surface area (Å²) in [5.74, 6) is 0. The minimum Gasteiger partial charge on any atom is -0.417 e. The van der Waals surface area contributed by atoms with Crippen molar-refractivity contribution in [1.82, 2.24) is 9.63 Å². The van der Waals surface area contributed by atoms with Crippen LogP contribution in [0.4, 0.5) is 0 Å². The quantitative estimate of drug-likeness (QED) is 0.578. The van der Waals surface area contributed by atoms with Gasteiger partial charge in [0.1, 0.15) is 15.2 Å². The Bertz CT molecular complexity index is 629. The first-order valence-corrected chi connectivity index (χ1v) is 11.4. The van der Waals surface area contributed by atoms with E-state index in [1.807, 2.05) is 0 Å². The van der Waals surface area contributed by atoms with Crippen molar-refractivity contribution in [2.24, 2.45) is 0 Å². The molecule has 110 valence electrons. The lowest BCUT2D eigenvalue weighted by molar-refractivity contribution is 0.186. The van der Waals surface area contributed by atoms with Crippen molar-refractivity contribution in [3.63, 3.8) is 0 Å². The number of benzene rings is 1. The van der Waals surface area contributed by atoms with Gasteiger partial charge in [-0.1, -0.05) is 25.7 Å². The Kier molecular flexibility index (Phi) is 4.51. The second-order valence-electron chi connectivity index (χ2n) is 6.43. The van der Waals surface area contributed by atoms with Crippen LogP contribution in [0, 0.1) is 3.57 Å². The van der Waals surface area contributed by atoms with Crippen LogP contribution in [-0.4, -0.2) is 38.9 Å². The molecule has 0 atom stereocenters. The van der Waals surface area contributed by atoms with Gasteiger partial charge in [-0.15, -0.1) is 0 Å². The number of hydrogen-bond donors (Lipinski definition) is 0. The van der Waals surface area contributed by atoms with Gasteiger partial charge in [0.05, 0.1) is 5.52 Å². The van der Waals surface area contributed by atoms with E-state index in [1.54, 1.807) is 7.11 Å². The first-order valence-electron chi connectivity index (χ1n) is 6.79. The number of fused-ring (bicyclic) bond motifs is 1. The zero-order valence-corrected chi connectivity index (χ0v) is 16.3. The van der Waals surface area contributed by atoms with Crippen molar-refractivity contribution in [3.8, 4) is 0 Å². The lowest BCUT2D eigenvalue weighted by Crippen LogP contribution is -2.46. The molecule has 0 fully saturated rings. The molecule has 1 aromatic heterocycles. The highest BCUT2D eigenvalue weighted by Crippen LogP contribution is 2.27. The third kappa shape index (κ3) is 2.75. The first-order chi connectivity index (χ1) is 9.27. The van der Waals surface area contributed by atoms with Gasteiger partial charge in [-0.3, -0.25) is 0 Å². The maximum atomic E-state index is 5.73. The molecule has 0 saturated heterocycles. The Morgan fingerprint density at radius 2 is 1.90 bits per heavy atom. The number of rotatable bonds is 4. The van der Waals surface area contributed by atoms with Crippen LogP contribution in [0.5, 0.6) is 0 Å². The molecule has 0 saturated carbocycles. The highest BCUT2D eigenvalue weighted by atomic mass is 127. The molecule has 3 nitrogen and oxygen atoms in total. The SMILES string of the molecule is COn1c([Si](C)(C)C)c(CN(C)C)c2c(I)cccc21. The van der Waals surface area contributed by atoms with E-state index in [0.717, 1.165) is 6.54 Å². The number of hydrogen-bond acceptors (Lipinski definition) is 2. The minimum absolute atomic E-state index is 0.951. The molecular formula is C15H23IN2OSi. The van der Waals surface area contributed by atoms with E-state index in [-0.39, 0.29) is 0 Å². The van der Waals surface area contributed by atoms with Crippen LogP contribution < -0.4 is 10.2 Å². The monoisotopic (exact) mass is 402 g/mol. The Labute approximate surface area is 136 Å². The van der Waals surface area contributed by atoms with E-state index in [9.17, 15) is 0 Å². The zero-order chi connectivity index (χ0) is 15.1. The molecular weight excluding hydrogens is 379 g/mol. The number of aromatic nitrogens is 1. The van der Waals surface area contributed by atoms with Crippen molar-refractivity contribution < 1.29 is 4.84 Å². The van der Waals surface area contributed by atoms with Crippen LogP contribution in [0.2, 0.25) is 19.6 Å².